The molecular weight excluding hydrogens is 366 g/mol. The minimum Gasteiger partial charge on any atom is -0.504 e. The van der Waals surface area contributed by atoms with Crippen molar-refractivity contribution in [1.82, 2.24) is 10.1 Å². The van der Waals surface area contributed by atoms with E-state index < -0.39 is 48.2 Å². The Morgan fingerprint density at radius 2 is 1.85 bits per heavy atom. The van der Waals surface area contributed by atoms with Crippen LogP contribution in [0, 0.1) is 17.0 Å². The van der Waals surface area contributed by atoms with E-state index in [1.807, 2.05) is 0 Å². The van der Waals surface area contributed by atoms with Gasteiger partial charge in [-0.1, -0.05) is 23.4 Å². The number of aryl methyl sites for hydroxylation is 1. The van der Waals surface area contributed by atoms with Crippen LogP contribution in [0.25, 0.3) is 11.4 Å². The molecule has 10 nitrogen and oxygen atoms in total. The molecule has 0 spiro atoms. The molecule has 0 saturated carbocycles. The van der Waals surface area contributed by atoms with Crippen LogP contribution in [0.5, 0.6) is 11.5 Å². The number of nitro benzene ring substituents is 1. The number of benzene rings is 2. The number of nitrogens with zero attached hydrogens (tertiary/aromatic N) is 3. The number of phenols is 2. The highest BCUT2D eigenvalue weighted by molar-refractivity contribution is 7.91. The number of rotatable bonds is 4. The molecule has 1 aromatic heterocycles. The fourth-order valence-corrected chi connectivity index (χ4v) is 3.85. The van der Waals surface area contributed by atoms with Crippen LogP contribution in [0.1, 0.15) is 5.89 Å². The van der Waals surface area contributed by atoms with Crippen molar-refractivity contribution < 1.29 is 28.1 Å². The molecule has 2 aromatic carbocycles. The van der Waals surface area contributed by atoms with Gasteiger partial charge in [0.2, 0.25) is 27.3 Å². The lowest BCUT2D eigenvalue weighted by atomic mass is 10.1. The Balaban J connectivity index is 2.45. The quantitative estimate of drug-likeness (QED) is 0.395. The van der Waals surface area contributed by atoms with Gasteiger partial charge in [0.05, 0.1) is 14.7 Å². The van der Waals surface area contributed by atoms with Crippen molar-refractivity contribution in [2.45, 2.75) is 16.7 Å². The van der Waals surface area contributed by atoms with Crippen LogP contribution in [0.15, 0.2) is 50.7 Å². The first-order valence-electron chi connectivity index (χ1n) is 7.07. The zero-order valence-corrected chi connectivity index (χ0v) is 14.0. The Labute approximate surface area is 146 Å². The van der Waals surface area contributed by atoms with E-state index in [4.69, 9.17) is 4.52 Å². The van der Waals surface area contributed by atoms with Gasteiger partial charge in [-0.05, 0) is 12.1 Å². The van der Waals surface area contributed by atoms with E-state index in [2.05, 4.69) is 10.1 Å². The lowest BCUT2D eigenvalue weighted by Gasteiger charge is -2.11. The molecule has 134 valence electrons. The maximum Gasteiger partial charge on any atom is 0.327 e. The molecule has 0 amide bonds. The Kier molecular flexibility index (Phi) is 4.08. The molecule has 1 heterocycles. The number of nitro groups is 1. The van der Waals surface area contributed by atoms with E-state index in [1.165, 1.54) is 31.2 Å². The molecule has 0 aliphatic heterocycles. The van der Waals surface area contributed by atoms with Crippen LogP contribution >= 0.6 is 0 Å². The largest absolute Gasteiger partial charge is 0.504 e. The number of aromatic nitrogens is 2. The minimum atomic E-state index is -4.30. The van der Waals surface area contributed by atoms with E-state index in [-0.39, 0.29) is 10.8 Å². The maximum atomic E-state index is 13.0. The number of aromatic hydroxyl groups is 2. The minimum absolute atomic E-state index is 0.0323. The van der Waals surface area contributed by atoms with Crippen molar-refractivity contribution in [2.24, 2.45) is 0 Å². The zero-order chi connectivity index (χ0) is 19.1. The normalized spacial score (nSPS) is 11.4. The first-order valence-corrected chi connectivity index (χ1v) is 8.56. The van der Waals surface area contributed by atoms with E-state index in [0.717, 1.165) is 0 Å². The van der Waals surface area contributed by atoms with E-state index >= 15 is 0 Å². The second-order valence-electron chi connectivity index (χ2n) is 5.18. The molecule has 0 atom stereocenters. The first kappa shape index (κ1) is 17.4. The number of hydrogen-bond acceptors (Lipinski definition) is 9. The van der Waals surface area contributed by atoms with Crippen LogP contribution < -0.4 is 0 Å². The highest BCUT2D eigenvalue weighted by Crippen LogP contribution is 2.47. The smallest absolute Gasteiger partial charge is 0.327 e. The summed E-state index contributed by atoms with van der Waals surface area (Å²) >= 11 is 0. The summed E-state index contributed by atoms with van der Waals surface area (Å²) in [6.07, 6.45) is 0. The molecule has 0 fully saturated rings. The van der Waals surface area contributed by atoms with Gasteiger partial charge in [-0.15, -0.1) is 0 Å². The van der Waals surface area contributed by atoms with E-state index in [1.54, 1.807) is 6.07 Å². The van der Waals surface area contributed by atoms with Crippen LogP contribution in [-0.4, -0.2) is 33.7 Å². The van der Waals surface area contributed by atoms with Gasteiger partial charge < -0.3 is 14.7 Å². The van der Waals surface area contributed by atoms with Crippen LogP contribution in [0.2, 0.25) is 0 Å². The number of hydrogen-bond donors (Lipinski definition) is 2. The summed E-state index contributed by atoms with van der Waals surface area (Å²) in [5.41, 5.74) is -1.62. The molecular formula is C15H11N3O7S. The molecule has 0 unspecified atom stereocenters. The molecule has 0 aliphatic carbocycles. The summed E-state index contributed by atoms with van der Waals surface area (Å²) in [4.78, 5) is 13.4. The molecule has 0 bridgehead atoms. The second kappa shape index (κ2) is 6.11. The Morgan fingerprint density at radius 1 is 1.19 bits per heavy atom. The average Bonchev–Trinajstić information content (AvgIpc) is 3.03. The Bertz CT molecular complexity index is 1110. The van der Waals surface area contributed by atoms with Gasteiger partial charge in [0.25, 0.3) is 0 Å². The van der Waals surface area contributed by atoms with Crippen molar-refractivity contribution in [2.75, 3.05) is 0 Å². The summed E-state index contributed by atoms with van der Waals surface area (Å²) in [5, 5.41) is 34.7. The van der Waals surface area contributed by atoms with E-state index in [0.29, 0.717) is 6.07 Å². The number of phenolic OH excluding ortho intramolecular Hbond substituents is 2. The third kappa shape index (κ3) is 2.73. The highest BCUT2D eigenvalue weighted by Gasteiger charge is 2.36. The topological polar surface area (TPSA) is 157 Å². The third-order valence-electron chi connectivity index (χ3n) is 3.49. The van der Waals surface area contributed by atoms with Crippen molar-refractivity contribution in [3.8, 4) is 22.9 Å². The van der Waals surface area contributed by atoms with Gasteiger partial charge in [-0.3, -0.25) is 10.1 Å². The average molecular weight is 377 g/mol. The molecule has 0 aliphatic rings. The highest BCUT2D eigenvalue weighted by atomic mass is 32.2. The molecule has 11 heteroatoms. The fourth-order valence-electron chi connectivity index (χ4n) is 2.35. The summed E-state index contributed by atoms with van der Waals surface area (Å²) in [5.74, 6) is -2.43. The van der Waals surface area contributed by atoms with Gasteiger partial charge >= 0.3 is 5.69 Å². The molecule has 2 N–H and O–H groups in total. The molecule has 3 aromatic rings. The van der Waals surface area contributed by atoms with Gasteiger partial charge in [-0.2, -0.15) is 4.98 Å². The number of sulfone groups is 1. The summed E-state index contributed by atoms with van der Waals surface area (Å²) < 4.78 is 30.7. The fraction of sp³-hybridized carbons (Fsp3) is 0.0667. The standard InChI is InChI=1S/C15H11N3O7S/c1-8-16-15(17-25-8)12-11(7-10(19)14(20)13(12)18(21)22)26(23,24)9-5-3-2-4-6-9/h2-7,19-20H,1H3. The van der Waals surface area contributed by atoms with Crippen molar-refractivity contribution in [1.29, 1.82) is 0 Å². The molecule has 0 saturated heterocycles. The SMILES string of the molecule is Cc1nc(-c2c(S(=O)(=O)c3ccccc3)cc(O)c(O)c2[N+](=O)[O-])no1. The molecule has 26 heavy (non-hydrogen) atoms. The van der Waals surface area contributed by atoms with Gasteiger partial charge in [-0.25, -0.2) is 8.42 Å². The third-order valence-corrected chi connectivity index (χ3v) is 5.29. The summed E-state index contributed by atoms with van der Waals surface area (Å²) in [6.45, 7) is 1.41. The van der Waals surface area contributed by atoms with Crippen LogP contribution in [-0.2, 0) is 9.84 Å². The Hall–Kier alpha value is -3.47. The van der Waals surface area contributed by atoms with Crippen molar-refractivity contribution >= 4 is 15.5 Å². The summed E-state index contributed by atoms with van der Waals surface area (Å²) in [6, 6.07) is 7.83. The van der Waals surface area contributed by atoms with Crippen LogP contribution in [0.4, 0.5) is 5.69 Å². The lowest BCUT2D eigenvalue weighted by molar-refractivity contribution is -0.385. The van der Waals surface area contributed by atoms with Gasteiger partial charge in [0, 0.05) is 13.0 Å². The Morgan fingerprint density at radius 3 is 2.38 bits per heavy atom. The monoisotopic (exact) mass is 377 g/mol. The van der Waals surface area contributed by atoms with Crippen molar-refractivity contribution in [3.05, 3.63) is 52.4 Å². The first-order chi connectivity index (χ1) is 12.2. The molecule has 0 radical (unpaired) electrons. The second-order valence-corrected chi connectivity index (χ2v) is 7.09. The van der Waals surface area contributed by atoms with E-state index in [9.17, 15) is 28.7 Å². The van der Waals surface area contributed by atoms with Crippen molar-refractivity contribution in [3.63, 3.8) is 0 Å². The maximum absolute atomic E-state index is 13.0. The lowest BCUT2D eigenvalue weighted by Crippen LogP contribution is -2.07. The van der Waals surface area contributed by atoms with Crippen LogP contribution in [0.3, 0.4) is 0 Å². The predicted molar refractivity (Wildman–Crippen MR) is 86.3 cm³/mol. The molecule has 3 rings (SSSR count). The predicted octanol–water partition coefficient (Wildman–Crippen LogP) is 2.20. The van der Waals surface area contributed by atoms with Gasteiger partial charge in [0.1, 0.15) is 5.56 Å². The zero-order valence-electron chi connectivity index (χ0n) is 13.1. The van der Waals surface area contributed by atoms with Gasteiger partial charge in [0.15, 0.2) is 5.75 Å². The summed E-state index contributed by atoms with van der Waals surface area (Å²) in [7, 11) is -4.30.